The summed E-state index contributed by atoms with van der Waals surface area (Å²) in [5.41, 5.74) is 3.27. The molecule has 0 bridgehead atoms. The molecule has 0 saturated carbocycles. The van der Waals surface area contributed by atoms with E-state index in [0.29, 0.717) is 17.1 Å². The van der Waals surface area contributed by atoms with Crippen LogP contribution in [-0.2, 0) is 11.3 Å². The van der Waals surface area contributed by atoms with Gasteiger partial charge < -0.3 is 5.32 Å². The Bertz CT molecular complexity index is 1030. The zero-order chi connectivity index (χ0) is 20.4. The Morgan fingerprint density at radius 2 is 1.79 bits per heavy atom. The summed E-state index contributed by atoms with van der Waals surface area (Å²) in [7, 11) is 0. The van der Waals surface area contributed by atoms with Crippen molar-refractivity contribution in [3.05, 3.63) is 71.4 Å². The van der Waals surface area contributed by atoms with Crippen LogP contribution in [0, 0.1) is 0 Å². The van der Waals surface area contributed by atoms with Crippen molar-refractivity contribution < 1.29 is 9.59 Å². The van der Waals surface area contributed by atoms with Crippen LogP contribution in [0.2, 0.25) is 5.02 Å². The molecule has 0 spiro atoms. The number of nitrogens with one attached hydrogen (secondary N) is 1. The molecule has 0 aliphatic carbocycles. The van der Waals surface area contributed by atoms with Gasteiger partial charge in [0.1, 0.15) is 6.04 Å². The smallest absolute Gasteiger partial charge is 0.325 e. The van der Waals surface area contributed by atoms with Gasteiger partial charge in [-0.1, -0.05) is 55.3 Å². The van der Waals surface area contributed by atoms with Gasteiger partial charge in [0.2, 0.25) is 0 Å². The lowest BCUT2D eigenvalue weighted by atomic mass is 10.1. The number of para-hydroxylation sites is 1. The zero-order valence-corrected chi connectivity index (χ0v) is 16.8. The first-order chi connectivity index (χ1) is 14.1. The van der Waals surface area contributed by atoms with Crippen LogP contribution >= 0.6 is 11.6 Å². The van der Waals surface area contributed by atoms with Crippen molar-refractivity contribution in [2.24, 2.45) is 0 Å². The molecule has 1 atom stereocenters. The van der Waals surface area contributed by atoms with Gasteiger partial charge in [-0.05, 0) is 30.7 Å². The van der Waals surface area contributed by atoms with Crippen LogP contribution in [0.5, 0.6) is 0 Å². The maximum absolute atomic E-state index is 12.7. The summed E-state index contributed by atoms with van der Waals surface area (Å²) in [6, 6.07) is 16.3. The Morgan fingerprint density at radius 1 is 1.07 bits per heavy atom. The molecule has 3 amide bonds. The molecular weight excluding hydrogens is 388 g/mol. The van der Waals surface area contributed by atoms with Crippen LogP contribution in [-0.4, -0.2) is 32.7 Å². The van der Waals surface area contributed by atoms with Crippen molar-refractivity contribution in [2.45, 2.75) is 32.4 Å². The van der Waals surface area contributed by atoms with E-state index in [9.17, 15) is 9.59 Å². The maximum Gasteiger partial charge on any atom is 0.325 e. The highest BCUT2D eigenvalue weighted by Gasteiger charge is 2.37. The minimum atomic E-state index is -0.448. The van der Waals surface area contributed by atoms with Crippen LogP contribution < -0.4 is 5.32 Å². The van der Waals surface area contributed by atoms with E-state index in [1.807, 2.05) is 55.6 Å². The number of amides is 3. The minimum absolute atomic E-state index is 0.162. The number of imide groups is 1. The Balaban J connectivity index is 1.71. The number of aromatic nitrogens is 2. The zero-order valence-electron chi connectivity index (χ0n) is 16.0. The maximum atomic E-state index is 12.7. The summed E-state index contributed by atoms with van der Waals surface area (Å²) < 4.78 is 1.77. The largest absolute Gasteiger partial charge is 0.326 e. The summed E-state index contributed by atoms with van der Waals surface area (Å²) in [5, 5.41) is 8.14. The molecule has 0 unspecified atom stereocenters. The van der Waals surface area contributed by atoms with Crippen molar-refractivity contribution in [2.75, 3.05) is 0 Å². The summed E-state index contributed by atoms with van der Waals surface area (Å²) in [5.74, 6) is -0.189. The summed E-state index contributed by atoms with van der Waals surface area (Å²) >= 11 is 6.03. The molecule has 1 aliphatic rings. The summed E-state index contributed by atoms with van der Waals surface area (Å²) in [4.78, 5) is 26.3. The lowest BCUT2D eigenvalue weighted by Gasteiger charge is -2.13. The van der Waals surface area contributed by atoms with Crippen molar-refractivity contribution >= 4 is 23.5 Å². The Morgan fingerprint density at radius 3 is 2.48 bits per heavy atom. The monoisotopic (exact) mass is 408 g/mol. The Labute approximate surface area is 174 Å². The molecule has 29 heavy (non-hydrogen) atoms. The summed E-state index contributed by atoms with van der Waals surface area (Å²) in [6.45, 7) is 2.15. The molecule has 7 heteroatoms. The molecule has 1 N–H and O–H groups in total. The van der Waals surface area contributed by atoms with Gasteiger partial charge in [-0.15, -0.1) is 0 Å². The Kier molecular flexibility index (Phi) is 5.36. The molecule has 1 aliphatic heterocycles. The molecule has 148 valence electrons. The SMILES string of the molecule is CCC[C@H]1NC(=O)N(Cc2cn(-c3ccccc3)nc2-c2ccc(Cl)cc2)C1=O. The van der Waals surface area contributed by atoms with Crippen LogP contribution in [0.25, 0.3) is 16.9 Å². The standard InChI is InChI=1S/C22H21ClN4O2/c1-2-6-19-21(28)26(22(29)24-19)13-16-14-27(18-7-4-3-5-8-18)25-20(16)15-9-11-17(23)12-10-15/h3-5,7-12,14,19H,2,6,13H2,1H3,(H,24,29)/t19-/m1/s1. The average molecular weight is 409 g/mol. The number of halogens is 1. The number of hydrogen-bond donors (Lipinski definition) is 1. The van der Waals surface area contributed by atoms with E-state index in [-0.39, 0.29) is 18.5 Å². The first-order valence-corrected chi connectivity index (χ1v) is 9.96. The van der Waals surface area contributed by atoms with Crippen molar-refractivity contribution in [3.63, 3.8) is 0 Å². The van der Waals surface area contributed by atoms with E-state index in [0.717, 1.165) is 23.2 Å². The topological polar surface area (TPSA) is 67.2 Å². The second-order valence-electron chi connectivity index (χ2n) is 7.01. The Hall–Kier alpha value is -3.12. The molecule has 1 saturated heterocycles. The lowest BCUT2D eigenvalue weighted by molar-refractivity contribution is -0.128. The van der Waals surface area contributed by atoms with E-state index in [1.54, 1.807) is 16.8 Å². The molecule has 4 rings (SSSR count). The van der Waals surface area contributed by atoms with E-state index >= 15 is 0 Å². The highest BCUT2D eigenvalue weighted by atomic mass is 35.5. The van der Waals surface area contributed by atoms with Crippen LogP contribution in [0.4, 0.5) is 4.79 Å². The van der Waals surface area contributed by atoms with Crippen molar-refractivity contribution in [3.8, 4) is 16.9 Å². The number of rotatable bonds is 6. The second kappa shape index (κ2) is 8.09. The fourth-order valence-corrected chi connectivity index (χ4v) is 3.60. The summed E-state index contributed by atoms with van der Waals surface area (Å²) in [6.07, 6.45) is 3.33. The van der Waals surface area contributed by atoms with Gasteiger partial charge in [-0.3, -0.25) is 9.69 Å². The van der Waals surface area contributed by atoms with Gasteiger partial charge >= 0.3 is 6.03 Å². The van der Waals surface area contributed by atoms with Crippen LogP contribution in [0.15, 0.2) is 60.8 Å². The molecule has 1 aromatic heterocycles. The van der Waals surface area contributed by atoms with E-state index in [2.05, 4.69) is 5.32 Å². The first kappa shape index (κ1) is 19.2. The molecule has 6 nitrogen and oxygen atoms in total. The number of carbonyl (C=O) groups excluding carboxylic acids is 2. The van der Waals surface area contributed by atoms with Gasteiger partial charge in [0, 0.05) is 22.3 Å². The number of urea groups is 1. The van der Waals surface area contributed by atoms with Gasteiger partial charge in [0.15, 0.2) is 0 Å². The van der Waals surface area contributed by atoms with Gasteiger partial charge in [-0.25, -0.2) is 9.48 Å². The van der Waals surface area contributed by atoms with E-state index in [4.69, 9.17) is 16.7 Å². The highest BCUT2D eigenvalue weighted by Crippen LogP contribution is 2.27. The molecular formula is C22H21ClN4O2. The average Bonchev–Trinajstić information content (AvgIpc) is 3.26. The number of carbonyl (C=O) groups is 2. The third-order valence-corrected chi connectivity index (χ3v) is 5.19. The first-order valence-electron chi connectivity index (χ1n) is 9.58. The molecule has 3 aromatic rings. The van der Waals surface area contributed by atoms with E-state index in [1.165, 1.54) is 4.90 Å². The van der Waals surface area contributed by atoms with E-state index < -0.39 is 6.04 Å². The van der Waals surface area contributed by atoms with Gasteiger partial charge in [0.25, 0.3) is 5.91 Å². The van der Waals surface area contributed by atoms with Gasteiger partial charge in [-0.2, -0.15) is 5.10 Å². The number of benzene rings is 2. The fraction of sp³-hybridized carbons (Fsp3) is 0.227. The molecule has 0 radical (unpaired) electrons. The molecule has 2 heterocycles. The van der Waals surface area contributed by atoms with Gasteiger partial charge in [0.05, 0.1) is 17.9 Å². The lowest BCUT2D eigenvalue weighted by Crippen LogP contribution is -2.31. The van der Waals surface area contributed by atoms with Crippen molar-refractivity contribution in [1.29, 1.82) is 0 Å². The second-order valence-corrected chi connectivity index (χ2v) is 7.44. The third-order valence-electron chi connectivity index (χ3n) is 4.94. The fourth-order valence-electron chi connectivity index (χ4n) is 3.47. The third kappa shape index (κ3) is 3.89. The minimum Gasteiger partial charge on any atom is -0.326 e. The van der Waals surface area contributed by atoms with Crippen LogP contribution in [0.1, 0.15) is 25.3 Å². The van der Waals surface area contributed by atoms with Crippen LogP contribution in [0.3, 0.4) is 0 Å². The predicted octanol–water partition coefficient (Wildman–Crippen LogP) is 4.41. The number of nitrogens with zero attached hydrogens (tertiary/aromatic N) is 3. The molecule has 2 aromatic carbocycles. The number of hydrogen-bond acceptors (Lipinski definition) is 3. The normalized spacial score (nSPS) is 16.3. The predicted molar refractivity (Wildman–Crippen MR) is 112 cm³/mol. The molecule has 1 fully saturated rings. The highest BCUT2D eigenvalue weighted by molar-refractivity contribution is 6.30. The van der Waals surface area contributed by atoms with Crippen molar-refractivity contribution in [1.82, 2.24) is 20.0 Å². The quantitative estimate of drug-likeness (QED) is 0.614.